The van der Waals surface area contributed by atoms with Crippen molar-refractivity contribution in [1.82, 2.24) is 15.6 Å². The average Bonchev–Trinajstić information content (AvgIpc) is 3.25. The molecular formula is C21H19ClN4O2S3. The molecule has 0 saturated heterocycles. The molecule has 3 rings (SSSR count). The summed E-state index contributed by atoms with van der Waals surface area (Å²) in [5.41, 5.74) is 4.47. The first-order valence-corrected chi connectivity index (χ1v) is 12.3. The van der Waals surface area contributed by atoms with E-state index in [9.17, 15) is 4.79 Å². The number of para-hydroxylation sites is 1. The number of hydrazone groups is 1. The third-order valence-corrected chi connectivity index (χ3v) is 7.40. The second-order valence-corrected chi connectivity index (χ2v) is 9.75. The van der Waals surface area contributed by atoms with E-state index in [-0.39, 0.29) is 11.7 Å². The first-order valence-electron chi connectivity index (χ1n) is 9.10. The smallest absolute Gasteiger partial charge is 0.250 e. The maximum atomic E-state index is 12.0. The summed E-state index contributed by atoms with van der Waals surface area (Å²) >= 11 is 10.5. The number of methoxy groups -OCH3 is 1. The van der Waals surface area contributed by atoms with Crippen LogP contribution in [0.5, 0.6) is 5.75 Å². The van der Waals surface area contributed by atoms with Gasteiger partial charge in [-0.3, -0.25) is 4.79 Å². The highest BCUT2D eigenvalue weighted by Crippen LogP contribution is 2.32. The van der Waals surface area contributed by atoms with Gasteiger partial charge < -0.3 is 4.74 Å². The molecule has 31 heavy (non-hydrogen) atoms. The Morgan fingerprint density at radius 2 is 1.90 bits per heavy atom. The average molecular weight is 491 g/mol. The van der Waals surface area contributed by atoms with Crippen molar-refractivity contribution in [2.45, 2.75) is 14.4 Å². The van der Waals surface area contributed by atoms with E-state index in [4.69, 9.17) is 16.3 Å². The van der Waals surface area contributed by atoms with Crippen molar-refractivity contribution in [3.8, 4) is 5.75 Å². The second kappa shape index (κ2) is 12.5. The van der Waals surface area contributed by atoms with Gasteiger partial charge in [0.1, 0.15) is 5.75 Å². The number of amides is 1. The van der Waals surface area contributed by atoms with Crippen LogP contribution in [0.25, 0.3) is 6.08 Å². The van der Waals surface area contributed by atoms with E-state index in [1.807, 2.05) is 54.6 Å². The molecule has 10 heteroatoms. The van der Waals surface area contributed by atoms with Crippen LogP contribution in [0, 0.1) is 0 Å². The number of ether oxygens (including phenoxy) is 1. The molecule has 2 aromatic carbocycles. The standard InChI is InChI=1S/C21H19ClN4O2S3/c1-28-18-11-5-3-7-15(18)9-6-12-23-24-19(27)14-30-21-26-25-20(31-21)29-13-16-8-2-4-10-17(16)22/h2-12H,13-14H2,1H3,(H,24,27)/b9-6-,23-12+. The van der Waals surface area contributed by atoms with Crippen molar-refractivity contribution >= 4 is 64.7 Å². The zero-order valence-corrected chi connectivity index (χ0v) is 19.7. The molecule has 0 aliphatic carbocycles. The zero-order valence-electron chi connectivity index (χ0n) is 16.5. The van der Waals surface area contributed by atoms with Gasteiger partial charge in [-0.25, -0.2) is 5.43 Å². The molecule has 0 aliphatic heterocycles. The molecule has 0 saturated carbocycles. The normalized spacial score (nSPS) is 11.3. The van der Waals surface area contributed by atoms with Crippen molar-refractivity contribution in [3.05, 3.63) is 70.8 Å². The van der Waals surface area contributed by atoms with Crippen molar-refractivity contribution in [3.63, 3.8) is 0 Å². The maximum absolute atomic E-state index is 12.0. The lowest BCUT2D eigenvalue weighted by molar-refractivity contribution is -0.118. The Morgan fingerprint density at radius 3 is 2.71 bits per heavy atom. The van der Waals surface area contributed by atoms with Crippen molar-refractivity contribution in [2.75, 3.05) is 12.9 Å². The van der Waals surface area contributed by atoms with Crippen LogP contribution in [-0.4, -0.2) is 35.2 Å². The molecule has 1 heterocycles. The Bertz CT molecular complexity index is 1070. The summed E-state index contributed by atoms with van der Waals surface area (Å²) in [4.78, 5) is 12.0. The molecular weight excluding hydrogens is 472 g/mol. The molecule has 160 valence electrons. The fraction of sp³-hybridized carbons (Fsp3) is 0.143. The largest absolute Gasteiger partial charge is 0.496 e. The van der Waals surface area contributed by atoms with E-state index in [1.165, 1.54) is 29.3 Å². The van der Waals surface area contributed by atoms with Crippen LogP contribution < -0.4 is 10.2 Å². The van der Waals surface area contributed by atoms with E-state index in [0.29, 0.717) is 0 Å². The monoisotopic (exact) mass is 490 g/mol. The quantitative estimate of drug-likeness (QED) is 0.233. The Balaban J connectivity index is 1.39. The van der Waals surface area contributed by atoms with Crippen LogP contribution in [0.1, 0.15) is 11.1 Å². The summed E-state index contributed by atoms with van der Waals surface area (Å²) in [6.07, 6.45) is 5.11. The lowest BCUT2D eigenvalue weighted by Gasteiger charge is -2.02. The number of hydrogen-bond acceptors (Lipinski definition) is 8. The van der Waals surface area contributed by atoms with Gasteiger partial charge in [-0.05, 0) is 29.8 Å². The number of aromatic nitrogens is 2. The molecule has 0 aliphatic rings. The van der Waals surface area contributed by atoms with Crippen molar-refractivity contribution in [2.24, 2.45) is 5.10 Å². The SMILES string of the molecule is COc1ccccc1/C=C\C=N\NC(=O)CSc1nnc(SCc2ccccc2Cl)s1. The van der Waals surface area contributed by atoms with Gasteiger partial charge in [0, 0.05) is 22.6 Å². The van der Waals surface area contributed by atoms with Crippen LogP contribution in [0.15, 0.2) is 68.4 Å². The minimum Gasteiger partial charge on any atom is -0.496 e. The number of nitrogens with one attached hydrogen (secondary N) is 1. The Morgan fingerprint density at radius 1 is 1.16 bits per heavy atom. The lowest BCUT2D eigenvalue weighted by atomic mass is 10.2. The summed E-state index contributed by atoms with van der Waals surface area (Å²) in [5, 5.41) is 12.9. The van der Waals surface area contributed by atoms with E-state index < -0.39 is 0 Å². The minimum absolute atomic E-state index is 0.206. The van der Waals surface area contributed by atoms with Crippen LogP contribution in [-0.2, 0) is 10.5 Å². The number of allylic oxidation sites excluding steroid dienone is 1. The zero-order chi connectivity index (χ0) is 21.9. The van der Waals surface area contributed by atoms with Gasteiger partial charge >= 0.3 is 0 Å². The van der Waals surface area contributed by atoms with E-state index in [1.54, 1.807) is 24.9 Å². The minimum atomic E-state index is -0.215. The summed E-state index contributed by atoms with van der Waals surface area (Å²) in [6, 6.07) is 15.4. The number of carbonyl (C=O) groups excluding carboxylic acids is 1. The van der Waals surface area contributed by atoms with E-state index in [2.05, 4.69) is 20.7 Å². The molecule has 0 atom stereocenters. The highest BCUT2D eigenvalue weighted by molar-refractivity contribution is 8.03. The number of thioether (sulfide) groups is 2. The molecule has 1 amide bonds. The van der Waals surface area contributed by atoms with Gasteiger partial charge in [0.2, 0.25) is 0 Å². The van der Waals surface area contributed by atoms with Gasteiger partial charge in [-0.1, -0.05) is 82.9 Å². The summed E-state index contributed by atoms with van der Waals surface area (Å²) in [6.45, 7) is 0. The predicted molar refractivity (Wildman–Crippen MR) is 130 cm³/mol. The summed E-state index contributed by atoms with van der Waals surface area (Å²) in [7, 11) is 1.62. The first-order chi connectivity index (χ1) is 15.2. The molecule has 1 aromatic heterocycles. The predicted octanol–water partition coefficient (Wildman–Crippen LogP) is 5.40. The molecule has 0 unspecified atom stereocenters. The van der Waals surface area contributed by atoms with Gasteiger partial charge in [-0.15, -0.1) is 10.2 Å². The van der Waals surface area contributed by atoms with E-state index >= 15 is 0 Å². The van der Waals surface area contributed by atoms with Crippen molar-refractivity contribution < 1.29 is 9.53 Å². The van der Waals surface area contributed by atoms with Gasteiger partial charge in [0.05, 0.1) is 12.9 Å². The number of benzene rings is 2. The van der Waals surface area contributed by atoms with Crippen LogP contribution in [0.4, 0.5) is 0 Å². The number of halogens is 1. The summed E-state index contributed by atoms with van der Waals surface area (Å²) < 4.78 is 6.84. The molecule has 3 aromatic rings. The molecule has 0 bridgehead atoms. The number of rotatable bonds is 10. The van der Waals surface area contributed by atoms with Crippen LogP contribution in [0.2, 0.25) is 5.02 Å². The number of carbonyl (C=O) groups is 1. The fourth-order valence-corrected chi connectivity index (χ4v) is 5.43. The third-order valence-electron chi connectivity index (χ3n) is 3.79. The maximum Gasteiger partial charge on any atom is 0.250 e. The Labute approximate surface area is 198 Å². The Hall–Kier alpha value is -2.33. The fourth-order valence-electron chi connectivity index (χ4n) is 2.33. The molecule has 0 fully saturated rings. The van der Waals surface area contributed by atoms with Crippen molar-refractivity contribution in [1.29, 1.82) is 0 Å². The molecule has 1 N–H and O–H groups in total. The van der Waals surface area contributed by atoms with Gasteiger partial charge in [0.15, 0.2) is 8.68 Å². The van der Waals surface area contributed by atoms with Crippen LogP contribution in [0.3, 0.4) is 0 Å². The third kappa shape index (κ3) is 7.70. The first kappa shape index (κ1) is 23.3. The number of hydrogen-bond donors (Lipinski definition) is 1. The van der Waals surface area contributed by atoms with E-state index in [0.717, 1.165) is 36.3 Å². The number of nitrogens with zero attached hydrogens (tertiary/aromatic N) is 3. The lowest BCUT2D eigenvalue weighted by Crippen LogP contribution is -2.19. The molecule has 6 nitrogen and oxygen atoms in total. The topological polar surface area (TPSA) is 76.5 Å². The van der Waals surface area contributed by atoms with Crippen LogP contribution >= 0.6 is 46.5 Å². The van der Waals surface area contributed by atoms with Gasteiger partial charge in [0.25, 0.3) is 5.91 Å². The summed E-state index contributed by atoms with van der Waals surface area (Å²) in [5.74, 6) is 1.48. The highest BCUT2D eigenvalue weighted by atomic mass is 35.5. The van der Waals surface area contributed by atoms with Gasteiger partial charge in [-0.2, -0.15) is 5.10 Å². The molecule has 0 spiro atoms. The second-order valence-electron chi connectivity index (χ2n) is 5.92. The highest BCUT2D eigenvalue weighted by Gasteiger charge is 2.09. The molecule has 0 radical (unpaired) electrons. The Kier molecular flexibility index (Phi) is 9.41.